The zero-order valence-corrected chi connectivity index (χ0v) is 17.1. The molecular weight excluding hydrogens is 380 g/mol. The summed E-state index contributed by atoms with van der Waals surface area (Å²) >= 11 is 0. The molecule has 4 rings (SSSR count). The Balaban J connectivity index is 1.48. The second-order valence-electron chi connectivity index (χ2n) is 7.94. The average molecular weight is 409 g/mol. The summed E-state index contributed by atoms with van der Waals surface area (Å²) in [5.41, 5.74) is 1.12. The third-order valence-corrected chi connectivity index (χ3v) is 8.51. The summed E-state index contributed by atoms with van der Waals surface area (Å²) in [5.74, 6) is 0.711. The van der Waals surface area contributed by atoms with Crippen molar-refractivity contribution in [2.75, 3.05) is 52.3 Å². The van der Waals surface area contributed by atoms with Gasteiger partial charge < -0.3 is 14.4 Å². The van der Waals surface area contributed by atoms with E-state index in [9.17, 15) is 13.2 Å². The monoisotopic (exact) mass is 408 g/mol. The lowest BCUT2D eigenvalue weighted by Gasteiger charge is -2.36. The molecule has 0 bridgehead atoms. The molecule has 1 amide bonds. The molecule has 0 saturated carbocycles. The smallest absolute Gasteiger partial charge is 0.226 e. The molecule has 0 N–H and O–H groups in total. The first kappa shape index (κ1) is 19.7. The molecule has 3 saturated heterocycles. The highest BCUT2D eigenvalue weighted by Crippen LogP contribution is 2.38. The van der Waals surface area contributed by atoms with Gasteiger partial charge in [0.1, 0.15) is 5.75 Å². The SMILES string of the molecule is COc1ccc(CN2C[C@H]3[C@@H](C2)S(=O)(=O)CC[C@H]3C(=O)N2CCOCC2)cc1. The van der Waals surface area contributed by atoms with Gasteiger partial charge in [0.15, 0.2) is 9.84 Å². The summed E-state index contributed by atoms with van der Waals surface area (Å²) in [7, 11) is -1.51. The van der Waals surface area contributed by atoms with Crippen molar-refractivity contribution in [3.63, 3.8) is 0 Å². The molecule has 3 aliphatic rings. The fourth-order valence-corrected chi connectivity index (χ4v) is 6.88. The molecule has 8 heteroatoms. The van der Waals surface area contributed by atoms with Crippen molar-refractivity contribution in [2.24, 2.45) is 11.8 Å². The van der Waals surface area contributed by atoms with Crippen LogP contribution < -0.4 is 4.74 Å². The summed E-state index contributed by atoms with van der Waals surface area (Å²) in [5, 5.41) is -0.436. The van der Waals surface area contributed by atoms with E-state index in [-0.39, 0.29) is 23.5 Å². The number of likely N-dealkylation sites (tertiary alicyclic amines) is 1. The molecular formula is C20H28N2O5S. The van der Waals surface area contributed by atoms with Crippen LogP contribution in [0.5, 0.6) is 5.75 Å². The fourth-order valence-electron chi connectivity index (χ4n) is 4.75. The van der Waals surface area contributed by atoms with Gasteiger partial charge in [-0.15, -0.1) is 0 Å². The lowest BCUT2D eigenvalue weighted by atomic mass is 9.87. The molecule has 0 radical (unpaired) electrons. The molecule has 3 aliphatic heterocycles. The number of hydrogen-bond donors (Lipinski definition) is 0. The molecule has 0 spiro atoms. The van der Waals surface area contributed by atoms with Crippen LogP contribution >= 0.6 is 0 Å². The Hall–Kier alpha value is -1.64. The Kier molecular flexibility index (Phi) is 5.62. The molecule has 154 valence electrons. The fraction of sp³-hybridized carbons (Fsp3) is 0.650. The number of carbonyl (C=O) groups is 1. The third-order valence-electron chi connectivity index (χ3n) is 6.28. The highest BCUT2D eigenvalue weighted by atomic mass is 32.2. The van der Waals surface area contributed by atoms with Gasteiger partial charge in [-0.05, 0) is 24.1 Å². The second kappa shape index (κ2) is 8.00. The molecule has 3 fully saturated rings. The van der Waals surface area contributed by atoms with E-state index in [2.05, 4.69) is 4.90 Å². The molecule has 0 aromatic heterocycles. The van der Waals surface area contributed by atoms with Crippen molar-refractivity contribution in [3.8, 4) is 5.75 Å². The largest absolute Gasteiger partial charge is 0.497 e. The number of hydrogen-bond acceptors (Lipinski definition) is 6. The molecule has 0 aliphatic carbocycles. The van der Waals surface area contributed by atoms with E-state index in [1.165, 1.54) is 0 Å². The van der Waals surface area contributed by atoms with Crippen LogP contribution in [-0.2, 0) is 25.9 Å². The quantitative estimate of drug-likeness (QED) is 0.733. The van der Waals surface area contributed by atoms with E-state index in [0.29, 0.717) is 52.4 Å². The van der Waals surface area contributed by atoms with Gasteiger partial charge in [-0.3, -0.25) is 9.69 Å². The first-order valence-electron chi connectivity index (χ1n) is 9.91. The van der Waals surface area contributed by atoms with Gasteiger partial charge in [0.25, 0.3) is 0 Å². The van der Waals surface area contributed by atoms with Crippen molar-refractivity contribution in [2.45, 2.75) is 18.2 Å². The molecule has 28 heavy (non-hydrogen) atoms. The van der Waals surface area contributed by atoms with Crippen molar-refractivity contribution >= 4 is 15.7 Å². The summed E-state index contributed by atoms with van der Waals surface area (Å²) in [6.45, 7) is 4.18. The van der Waals surface area contributed by atoms with Gasteiger partial charge in [0, 0.05) is 44.6 Å². The molecule has 3 heterocycles. The highest BCUT2D eigenvalue weighted by Gasteiger charge is 2.51. The summed E-state index contributed by atoms with van der Waals surface area (Å²) in [6, 6.07) is 7.84. The Morgan fingerprint density at radius 3 is 2.57 bits per heavy atom. The molecule has 0 unspecified atom stereocenters. The Morgan fingerprint density at radius 2 is 1.89 bits per heavy atom. The zero-order chi connectivity index (χ0) is 19.7. The van der Waals surface area contributed by atoms with E-state index in [0.717, 1.165) is 11.3 Å². The van der Waals surface area contributed by atoms with Crippen LogP contribution in [0.15, 0.2) is 24.3 Å². The minimum absolute atomic E-state index is 0.111. The number of methoxy groups -OCH3 is 1. The van der Waals surface area contributed by atoms with Gasteiger partial charge >= 0.3 is 0 Å². The van der Waals surface area contributed by atoms with Crippen LogP contribution in [0, 0.1) is 11.8 Å². The topological polar surface area (TPSA) is 76.2 Å². The van der Waals surface area contributed by atoms with E-state index in [1.54, 1.807) is 7.11 Å². The maximum Gasteiger partial charge on any atom is 0.226 e. The number of morpholine rings is 1. The molecule has 1 aromatic carbocycles. The zero-order valence-electron chi connectivity index (χ0n) is 16.2. The van der Waals surface area contributed by atoms with E-state index < -0.39 is 15.1 Å². The van der Waals surface area contributed by atoms with Crippen LogP contribution in [0.1, 0.15) is 12.0 Å². The molecule has 3 atom stereocenters. The van der Waals surface area contributed by atoms with Crippen LogP contribution in [0.2, 0.25) is 0 Å². The number of sulfone groups is 1. The minimum Gasteiger partial charge on any atom is -0.497 e. The Bertz CT molecular complexity index is 804. The first-order valence-corrected chi connectivity index (χ1v) is 11.6. The Morgan fingerprint density at radius 1 is 1.18 bits per heavy atom. The van der Waals surface area contributed by atoms with Crippen molar-refractivity contribution in [3.05, 3.63) is 29.8 Å². The number of nitrogens with zero attached hydrogens (tertiary/aromatic N) is 2. The maximum atomic E-state index is 13.1. The average Bonchev–Trinajstić information content (AvgIpc) is 3.14. The van der Waals surface area contributed by atoms with Crippen molar-refractivity contribution in [1.82, 2.24) is 9.80 Å². The van der Waals surface area contributed by atoms with Gasteiger partial charge in [-0.25, -0.2) is 8.42 Å². The van der Waals surface area contributed by atoms with Crippen LogP contribution in [-0.4, -0.2) is 81.6 Å². The van der Waals surface area contributed by atoms with Crippen LogP contribution in [0.3, 0.4) is 0 Å². The number of amides is 1. The normalized spacial score (nSPS) is 30.0. The standard InChI is InChI=1S/C20H28N2O5S/c1-26-16-4-2-15(3-5-16)12-21-13-18-17(6-11-28(24,25)19(18)14-21)20(23)22-7-9-27-10-8-22/h2-5,17-19H,6-14H2,1H3/t17-,18-,19-/m1/s1. The van der Waals surface area contributed by atoms with E-state index in [1.807, 2.05) is 29.2 Å². The number of ether oxygens (including phenoxy) is 2. The molecule has 1 aromatic rings. The predicted molar refractivity (Wildman–Crippen MR) is 105 cm³/mol. The summed E-state index contributed by atoms with van der Waals surface area (Å²) in [6.07, 6.45) is 0.441. The number of benzene rings is 1. The molecule has 7 nitrogen and oxygen atoms in total. The maximum absolute atomic E-state index is 13.1. The van der Waals surface area contributed by atoms with Gasteiger partial charge in [0.05, 0.1) is 31.3 Å². The van der Waals surface area contributed by atoms with Gasteiger partial charge in [0.2, 0.25) is 5.91 Å². The summed E-state index contributed by atoms with van der Waals surface area (Å²) < 4.78 is 35.9. The lowest BCUT2D eigenvalue weighted by molar-refractivity contribution is -0.141. The van der Waals surface area contributed by atoms with Crippen LogP contribution in [0.4, 0.5) is 0 Å². The van der Waals surface area contributed by atoms with Crippen LogP contribution in [0.25, 0.3) is 0 Å². The summed E-state index contributed by atoms with van der Waals surface area (Å²) in [4.78, 5) is 17.1. The lowest BCUT2D eigenvalue weighted by Crippen LogP contribution is -2.50. The van der Waals surface area contributed by atoms with Gasteiger partial charge in [-0.2, -0.15) is 0 Å². The Labute approximate surface area is 166 Å². The number of fused-ring (bicyclic) bond motifs is 1. The van der Waals surface area contributed by atoms with Crippen molar-refractivity contribution < 1.29 is 22.7 Å². The first-order chi connectivity index (χ1) is 13.5. The highest BCUT2D eigenvalue weighted by molar-refractivity contribution is 7.92. The van der Waals surface area contributed by atoms with Crippen molar-refractivity contribution in [1.29, 1.82) is 0 Å². The minimum atomic E-state index is -3.15. The second-order valence-corrected chi connectivity index (χ2v) is 10.3. The predicted octanol–water partition coefficient (Wildman–Crippen LogP) is 0.789. The van der Waals surface area contributed by atoms with E-state index in [4.69, 9.17) is 9.47 Å². The third kappa shape index (κ3) is 3.90. The number of carbonyl (C=O) groups excluding carboxylic acids is 1. The van der Waals surface area contributed by atoms with Gasteiger partial charge in [-0.1, -0.05) is 12.1 Å². The van der Waals surface area contributed by atoms with E-state index >= 15 is 0 Å². The number of rotatable bonds is 4.